The fourth-order valence-corrected chi connectivity index (χ4v) is 0. The van der Waals surface area contributed by atoms with Gasteiger partial charge in [0.05, 0.1) is 5.03 Å². The fourth-order valence-electron chi connectivity index (χ4n) is 0. The first-order valence-corrected chi connectivity index (χ1v) is 1.52. The van der Waals surface area contributed by atoms with E-state index in [-0.39, 0.29) is 5.03 Å². The van der Waals surface area contributed by atoms with Crippen LogP contribution in [0.3, 0.4) is 0 Å². The van der Waals surface area contributed by atoms with E-state index in [2.05, 4.69) is 0 Å². The van der Waals surface area contributed by atoms with E-state index in [4.69, 9.17) is 11.6 Å². The van der Waals surface area contributed by atoms with Crippen molar-refractivity contribution in [2.24, 2.45) is 0 Å². The Bertz CT molecular complexity index is 67.0. The van der Waals surface area contributed by atoms with Crippen LogP contribution in [0.15, 0.2) is 5.03 Å². The van der Waals surface area contributed by atoms with Gasteiger partial charge in [0.25, 0.3) is 0 Å². The zero-order valence-electron chi connectivity index (χ0n) is 2.79. The van der Waals surface area contributed by atoms with Gasteiger partial charge >= 0.3 is 0 Å². The molecule has 0 amide bonds. The van der Waals surface area contributed by atoms with Crippen molar-refractivity contribution in [1.29, 1.82) is 0 Å². The monoisotopic (exact) mass is 90.0 g/mol. The number of hydrogen-bond acceptors (Lipinski definition) is 1. The smallest absolute Gasteiger partial charge is 0.140 e. The Hall–Kier alpha value is -0.260. The van der Waals surface area contributed by atoms with Crippen molar-refractivity contribution < 1.29 is 4.79 Å². The average molecular weight is 90.5 g/mol. The van der Waals surface area contributed by atoms with Crippen molar-refractivity contribution in [3.05, 3.63) is 5.03 Å². The molecule has 2 heteroatoms. The molecule has 5 heavy (non-hydrogen) atoms. The topological polar surface area (TPSA) is 17.1 Å². The van der Waals surface area contributed by atoms with E-state index in [0.29, 0.717) is 0 Å². The molecule has 0 aliphatic heterocycles. The standard InChI is InChI=1S/C3H3ClO/c1-3(4)2-5/h1H3. The second-order valence-corrected chi connectivity index (χ2v) is 1.20. The van der Waals surface area contributed by atoms with Gasteiger partial charge in [0.15, 0.2) is 0 Å². The lowest BCUT2D eigenvalue weighted by atomic mass is 10.7. The SMILES string of the molecule is CC(Cl)=C=O. The summed E-state index contributed by atoms with van der Waals surface area (Å²) in [6.45, 7) is 1.48. The number of halogens is 1. The van der Waals surface area contributed by atoms with Crippen LogP contribution in [0.25, 0.3) is 0 Å². The highest BCUT2D eigenvalue weighted by Crippen LogP contribution is 1.86. The molecule has 0 fully saturated rings. The van der Waals surface area contributed by atoms with Crippen LogP contribution in [0.5, 0.6) is 0 Å². The van der Waals surface area contributed by atoms with Gasteiger partial charge in [-0.15, -0.1) is 0 Å². The summed E-state index contributed by atoms with van der Waals surface area (Å²) >= 11 is 4.96. The summed E-state index contributed by atoms with van der Waals surface area (Å²) in [6.07, 6.45) is 0. The highest BCUT2D eigenvalue weighted by molar-refractivity contribution is 6.32. The maximum Gasteiger partial charge on any atom is 0.140 e. The van der Waals surface area contributed by atoms with Crippen LogP contribution in [0, 0.1) is 0 Å². The van der Waals surface area contributed by atoms with E-state index in [9.17, 15) is 4.79 Å². The molecule has 0 atom stereocenters. The lowest BCUT2D eigenvalue weighted by Gasteiger charge is -1.58. The van der Waals surface area contributed by atoms with Crippen molar-refractivity contribution in [2.75, 3.05) is 0 Å². The van der Waals surface area contributed by atoms with Crippen LogP contribution < -0.4 is 0 Å². The van der Waals surface area contributed by atoms with E-state index in [1.54, 1.807) is 0 Å². The molecule has 1 nitrogen and oxygen atoms in total. The fraction of sp³-hybridized carbons (Fsp3) is 0.333. The molecule has 28 valence electrons. The minimum Gasteiger partial charge on any atom is -0.232 e. The predicted octanol–water partition coefficient (Wildman–Crippen LogP) is 0.961. The molecule has 0 aliphatic rings. The zero-order chi connectivity index (χ0) is 4.28. The summed E-state index contributed by atoms with van der Waals surface area (Å²) in [7, 11) is 0. The molecule has 0 spiro atoms. The van der Waals surface area contributed by atoms with Gasteiger partial charge in [-0.25, -0.2) is 4.79 Å². The molecule has 0 N–H and O–H groups in total. The first-order chi connectivity index (χ1) is 2.27. The van der Waals surface area contributed by atoms with Gasteiger partial charge in [-0.2, -0.15) is 0 Å². The summed E-state index contributed by atoms with van der Waals surface area (Å²) in [5.74, 6) is 1.46. The van der Waals surface area contributed by atoms with E-state index in [1.165, 1.54) is 12.9 Å². The van der Waals surface area contributed by atoms with Crippen molar-refractivity contribution in [3.8, 4) is 0 Å². The van der Waals surface area contributed by atoms with Gasteiger partial charge in [0.1, 0.15) is 5.94 Å². The van der Waals surface area contributed by atoms with Crippen molar-refractivity contribution >= 4 is 17.5 Å². The Morgan fingerprint density at radius 2 is 2.20 bits per heavy atom. The summed E-state index contributed by atoms with van der Waals surface area (Å²) in [6, 6.07) is 0. The molecule has 0 aliphatic carbocycles. The van der Waals surface area contributed by atoms with Gasteiger partial charge in [-0.05, 0) is 6.92 Å². The summed E-state index contributed by atoms with van der Waals surface area (Å²) < 4.78 is 0. The van der Waals surface area contributed by atoms with Crippen LogP contribution in [-0.4, -0.2) is 5.94 Å². The Morgan fingerprint density at radius 1 is 2.00 bits per heavy atom. The molecule has 0 saturated carbocycles. The molecule has 0 heterocycles. The number of allylic oxidation sites excluding steroid dienone is 1. The second-order valence-electron chi connectivity index (χ2n) is 0.636. The maximum absolute atomic E-state index is 9.21. The highest BCUT2D eigenvalue weighted by atomic mass is 35.5. The van der Waals surface area contributed by atoms with Gasteiger partial charge in [0.2, 0.25) is 0 Å². The maximum atomic E-state index is 9.21. The Morgan fingerprint density at radius 3 is 2.20 bits per heavy atom. The van der Waals surface area contributed by atoms with Crippen LogP contribution in [0.4, 0.5) is 0 Å². The van der Waals surface area contributed by atoms with E-state index in [1.807, 2.05) is 0 Å². The number of rotatable bonds is 0. The highest BCUT2D eigenvalue weighted by Gasteiger charge is 1.67. The summed E-state index contributed by atoms with van der Waals surface area (Å²) in [5, 5.41) is 0.171. The molecular formula is C3H3ClO. The third-order valence-corrected chi connectivity index (χ3v) is 0.218. The molecule has 0 aromatic rings. The van der Waals surface area contributed by atoms with E-state index >= 15 is 0 Å². The first kappa shape index (κ1) is 4.74. The number of hydrogen-bond donors (Lipinski definition) is 0. The molecule has 0 aromatic heterocycles. The van der Waals surface area contributed by atoms with Crippen molar-refractivity contribution in [1.82, 2.24) is 0 Å². The quantitative estimate of drug-likeness (QED) is 0.405. The lowest BCUT2D eigenvalue weighted by molar-refractivity contribution is 0.568. The third kappa shape index (κ3) is 3.74. The summed E-state index contributed by atoms with van der Waals surface area (Å²) in [5.41, 5.74) is 0. The van der Waals surface area contributed by atoms with Crippen molar-refractivity contribution in [3.63, 3.8) is 0 Å². The third-order valence-electron chi connectivity index (χ3n) is 0.141. The predicted molar refractivity (Wildman–Crippen MR) is 20.7 cm³/mol. The van der Waals surface area contributed by atoms with Crippen LogP contribution in [-0.2, 0) is 4.79 Å². The van der Waals surface area contributed by atoms with E-state index < -0.39 is 0 Å². The summed E-state index contributed by atoms with van der Waals surface area (Å²) in [4.78, 5) is 9.21. The molecular weight excluding hydrogens is 87.5 g/mol. The van der Waals surface area contributed by atoms with Gasteiger partial charge in [-0.3, -0.25) is 0 Å². The van der Waals surface area contributed by atoms with Crippen molar-refractivity contribution in [2.45, 2.75) is 6.92 Å². The van der Waals surface area contributed by atoms with E-state index in [0.717, 1.165) is 0 Å². The second kappa shape index (κ2) is 2.01. The Kier molecular flexibility index (Phi) is 1.90. The normalized spacial score (nSPS) is 6.00. The van der Waals surface area contributed by atoms with Gasteiger partial charge in [0, 0.05) is 0 Å². The molecule has 0 saturated heterocycles. The minimum atomic E-state index is 0.171. The molecule has 0 aromatic carbocycles. The molecule has 0 unspecified atom stereocenters. The average Bonchev–Trinajstić information content (AvgIpc) is 1.38. The van der Waals surface area contributed by atoms with Crippen LogP contribution in [0.1, 0.15) is 6.92 Å². The zero-order valence-corrected chi connectivity index (χ0v) is 3.54. The largest absolute Gasteiger partial charge is 0.232 e. The first-order valence-electron chi connectivity index (χ1n) is 1.14. The van der Waals surface area contributed by atoms with Crippen LogP contribution >= 0.6 is 11.6 Å². The van der Waals surface area contributed by atoms with Crippen LogP contribution in [0.2, 0.25) is 0 Å². The molecule has 0 radical (unpaired) electrons. The number of carbonyl (C=O) groups excluding carboxylic acids is 1. The van der Waals surface area contributed by atoms with Gasteiger partial charge < -0.3 is 0 Å². The molecule has 0 rings (SSSR count). The minimum absolute atomic E-state index is 0.171. The Balaban J connectivity index is 3.60. The molecule has 0 bridgehead atoms. The lowest BCUT2D eigenvalue weighted by Crippen LogP contribution is -1.50. The van der Waals surface area contributed by atoms with Gasteiger partial charge in [-0.1, -0.05) is 11.6 Å². The Labute approximate surface area is 35.2 Å².